The number of rotatable bonds is 6. The van der Waals surface area contributed by atoms with Crippen molar-refractivity contribution in [2.45, 2.75) is 38.3 Å². The van der Waals surface area contributed by atoms with E-state index in [9.17, 15) is 18.7 Å². The van der Waals surface area contributed by atoms with Gasteiger partial charge in [0, 0.05) is 6.42 Å². The van der Waals surface area contributed by atoms with Crippen molar-refractivity contribution in [3.63, 3.8) is 0 Å². The van der Waals surface area contributed by atoms with Gasteiger partial charge in [-0.3, -0.25) is 4.79 Å². The lowest BCUT2D eigenvalue weighted by atomic mass is 9.97. The van der Waals surface area contributed by atoms with Gasteiger partial charge in [-0.15, -0.1) is 0 Å². The zero-order chi connectivity index (χ0) is 17.7. The number of halogens is 2. The second-order valence-electron chi connectivity index (χ2n) is 6.01. The predicted octanol–water partition coefficient (Wildman–Crippen LogP) is 3.70. The fourth-order valence-electron chi connectivity index (χ4n) is 2.53. The molecule has 0 heterocycles. The summed E-state index contributed by atoms with van der Waals surface area (Å²) in [6.45, 7) is 3.57. The molecular formula is C19H21F2NO2. The maximum absolute atomic E-state index is 12.9. The zero-order valence-electron chi connectivity index (χ0n) is 13.7. The first-order valence-corrected chi connectivity index (χ1v) is 7.85. The van der Waals surface area contributed by atoms with E-state index in [1.165, 1.54) is 36.4 Å². The minimum atomic E-state index is -0.921. The van der Waals surface area contributed by atoms with E-state index in [-0.39, 0.29) is 29.9 Å². The van der Waals surface area contributed by atoms with Gasteiger partial charge in [0.05, 0.1) is 12.1 Å². The van der Waals surface area contributed by atoms with Crippen LogP contribution < -0.4 is 5.32 Å². The lowest BCUT2D eigenvalue weighted by molar-refractivity contribution is -0.122. The van der Waals surface area contributed by atoms with Crippen LogP contribution in [-0.4, -0.2) is 17.1 Å². The van der Waals surface area contributed by atoms with Crippen LogP contribution in [0.3, 0.4) is 0 Å². The van der Waals surface area contributed by atoms with Crippen molar-refractivity contribution in [2.75, 3.05) is 0 Å². The zero-order valence-corrected chi connectivity index (χ0v) is 13.7. The molecule has 2 rings (SSSR count). The van der Waals surface area contributed by atoms with Crippen molar-refractivity contribution >= 4 is 5.91 Å². The molecule has 0 aromatic heterocycles. The lowest BCUT2D eigenvalue weighted by Gasteiger charge is -2.21. The average Bonchev–Trinajstić information content (AvgIpc) is 2.55. The van der Waals surface area contributed by atoms with Crippen LogP contribution in [0.15, 0.2) is 48.5 Å². The van der Waals surface area contributed by atoms with Gasteiger partial charge in [-0.25, -0.2) is 8.78 Å². The fraction of sp³-hybridized carbons (Fsp3) is 0.316. The molecule has 2 aromatic rings. The third-order valence-corrected chi connectivity index (χ3v) is 4.00. The molecule has 0 saturated heterocycles. The first-order valence-electron chi connectivity index (χ1n) is 7.85. The van der Waals surface area contributed by atoms with Gasteiger partial charge in [0.25, 0.3) is 0 Å². The molecule has 0 aliphatic rings. The summed E-state index contributed by atoms with van der Waals surface area (Å²) in [5.41, 5.74) is 1.41. The Morgan fingerprint density at radius 2 is 1.42 bits per heavy atom. The molecule has 0 aliphatic heterocycles. The van der Waals surface area contributed by atoms with E-state index in [1.807, 2.05) is 6.92 Å². The normalized spacial score (nSPS) is 14.7. The molecule has 3 nitrogen and oxygen atoms in total. The van der Waals surface area contributed by atoms with Crippen LogP contribution in [0.4, 0.5) is 8.78 Å². The number of carbonyl (C=O) groups is 1. The Morgan fingerprint density at radius 1 is 0.958 bits per heavy atom. The van der Waals surface area contributed by atoms with E-state index in [2.05, 4.69) is 5.32 Å². The molecule has 3 atom stereocenters. The Hall–Kier alpha value is -2.27. The first kappa shape index (κ1) is 18.1. The number of amides is 1. The minimum absolute atomic E-state index is 0.0687. The maximum atomic E-state index is 12.9. The van der Waals surface area contributed by atoms with Gasteiger partial charge < -0.3 is 10.4 Å². The van der Waals surface area contributed by atoms with Gasteiger partial charge in [-0.1, -0.05) is 31.2 Å². The molecule has 5 heteroatoms. The maximum Gasteiger partial charge on any atom is 0.220 e. The van der Waals surface area contributed by atoms with E-state index in [0.717, 1.165) is 5.56 Å². The van der Waals surface area contributed by atoms with Crippen LogP contribution >= 0.6 is 0 Å². The number of aliphatic hydroxyl groups excluding tert-OH is 1. The molecule has 1 amide bonds. The lowest BCUT2D eigenvalue weighted by Crippen LogP contribution is -2.37. The van der Waals surface area contributed by atoms with Crippen LogP contribution in [0.25, 0.3) is 0 Å². The van der Waals surface area contributed by atoms with Crippen molar-refractivity contribution < 1.29 is 18.7 Å². The van der Waals surface area contributed by atoms with Crippen molar-refractivity contribution in [2.24, 2.45) is 0 Å². The summed E-state index contributed by atoms with van der Waals surface area (Å²) in [5, 5.41) is 13.0. The average molecular weight is 333 g/mol. The van der Waals surface area contributed by atoms with Gasteiger partial charge in [0.15, 0.2) is 0 Å². The van der Waals surface area contributed by atoms with Crippen LogP contribution in [0.1, 0.15) is 43.4 Å². The van der Waals surface area contributed by atoms with Gasteiger partial charge in [0.1, 0.15) is 11.6 Å². The molecule has 3 unspecified atom stereocenters. The number of aliphatic hydroxyl groups is 1. The number of hydrogen-bond donors (Lipinski definition) is 2. The van der Waals surface area contributed by atoms with Crippen molar-refractivity contribution in [1.29, 1.82) is 0 Å². The van der Waals surface area contributed by atoms with Gasteiger partial charge in [-0.05, 0) is 48.2 Å². The summed E-state index contributed by atoms with van der Waals surface area (Å²) >= 11 is 0. The summed E-state index contributed by atoms with van der Waals surface area (Å²) in [4.78, 5) is 12.1. The van der Waals surface area contributed by atoms with Gasteiger partial charge >= 0.3 is 0 Å². The summed E-state index contributed by atoms with van der Waals surface area (Å²) in [5.74, 6) is -0.969. The smallest absolute Gasteiger partial charge is 0.220 e. The standard InChI is InChI=1S/C19H21F2NO2/c1-12(14-3-7-16(20)8-4-14)11-18(23)22-13(2)19(24)15-5-9-17(21)10-6-15/h3-10,12-13,19,24H,11H2,1-2H3,(H,22,23). The van der Waals surface area contributed by atoms with Crippen molar-refractivity contribution in [1.82, 2.24) is 5.32 Å². The topological polar surface area (TPSA) is 49.3 Å². The Bertz CT molecular complexity index is 671. The van der Waals surface area contributed by atoms with Crippen molar-refractivity contribution in [3.05, 3.63) is 71.3 Å². The Kier molecular flexibility index (Phi) is 6.04. The largest absolute Gasteiger partial charge is 0.386 e. The van der Waals surface area contributed by atoms with Crippen LogP contribution in [-0.2, 0) is 4.79 Å². The molecule has 2 aromatic carbocycles. The quantitative estimate of drug-likeness (QED) is 0.847. The molecular weight excluding hydrogens is 312 g/mol. The molecule has 24 heavy (non-hydrogen) atoms. The second-order valence-corrected chi connectivity index (χ2v) is 6.01. The molecule has 0 aliphatic carbocycles. The Balaban J connectivity index is 1.91. The van der Waals surface area contributed by atoms with E-state index in [4.69, 9.17) is 0 Å². The molecule has 0 spiro atoms. The Morgan fingerprint density at radius 3 is 1.92 bits per heavy atom. The summed E-state index contributed by atoms with van der Waals surface area (Å²) in [6, 6.07) is 11.0. The summed E-state index contributed by atoms with van der Waals surface area (Å²) < 4.78 is 25.8. The highest BCUT2D eigenvalue weighted by molar-refractivity contribution is 5.77. The van der Waals surface area contributed by atoms with E-state index in [0.29, 0.717) is 5.56 Å². The van der Waals surface area contributed by atoms with Crippen LogP contribution in [0.2, 0.25) is 0 Å². The van der Waals surface area contributed by atoms with Crippen LogP contribution in [0, 0.1) is 11.6 Å². The fourth-order valence-corrected chi connectivity index (χ4v) is 2.53. The molecule has 0 bridgehead atoms. The van der Waals surface area contributed by atoms with E-state index in [1.54, 1.807) is 19.1 Å². The van der Waals surface area contributed by atoms with E-state index >= 15 is 0 Å². The molecule has 128 valence electrons. The second kappa shape index (κ2) is 8.02. The highest BCUT2D eigenvalue weighted by atomic mass is 19.1. The number of hydrogen-bond acceptors (Lipinski definition) is 2. The molecule has 0 saturated carbocycles. The number of carbonyl (C=O) groups excluding carboxylic acids is 1. The third kappa shape index (κ3) is 4.86. The molecule has 2 N–H and O–H groups in total. The minimum Gasteiger partial charge on any atom is -0.386 e. The van der Waals surface area contributed by atoms with Crippen molar-refractivity contribution in [3.8, 4) is 0 Å². The summed E-state index contributed by atoms with van der Waals surface area (Å²) in [6.07, 6.45) is -0.692. The van der Waals surface area contributed by atoms with E-state index < -0.39 is 12.1 Å². The SMILES string of the molecule is CC(CC(=O)NC(C)C(O)c1ccc(F)cc1)c1ccc(F)cc1. The predicted molar refractivity (Wildman–Crippen MR) is 88.4 cm³/mol. The van der Waals surface area contributed by atoms with Crippen LogP contribution in [0.5, 0.6) is 0 Å². The molecule has 0 fully saturated rings. The highest BCUT2D eigenvalue weighted by Crippen LogP contribution is 2.21. The first-order chi connectivity index (χ1) is 11.4. The van der Waals surface area contributed by atoms with Gasteiger partial charge in [-0.2, -0.15) is 0 Å². The summed E-state index contributed by atoms with van der Waals surface area (Å²) in [7, 11) is 0. The molecule has 0 radical (unpaired) electrons. The highest BCUT2D eigenvalue weighted by Gasteiger charge is 2.20. The van der Waals surface area contributed by atoms with Gasteiger partial charge in [0.2, 0.25) is 5.91 Å². The third-order valence-electron chi connectivity index (χ3n) is 4.00. The number of nitrogens with one attached hydrogen (secondary N) is 1. The monoisotopic (exact) mass is 333 g/mol. The number of benzene rings is 2. The Labute approximate surface area is 140 Å².